The van der Waals surface area contributed by atoms with Crippen molar-refractivity contribution < 1.29 is 37.0 Å². The molecule has 0 saturated carbocycles. The van der Waals surface area contributed by atoms with Crippen molar-refractivity contribution in [3.05, 3.63) is 48.0 Å². The van der Waals surface area contributed by atoms with Crippen LogP contribution in [0, 0.1) is 0 Å². The number of anilines is 2. The van der Waals surface area contributed by atoms with Gasteiger partial charge in [-0.1, -0.05) is 12.1 Å². The van der Waals surface area contributed by atoms with Crippen LogP contribution in [0.3, 0.4) is 0 Å². The molecular formula is C21H21F3N2O5. The topological polar surface area (TPSA) is 77.1 Å². The van der Waals surface area contributed by atoms with Crippen molar-refractivity contribution in [1.29, 1.82) is 0 Å². The van der Waals surface area contributed by atoms with Crippen LogP contribution in [0.2, 0.25) is 0 Å². The number of hydrogen-bond donors (Lipinski definition) is 1. The van der Waals surface area contributed by atoms with Crippen LogP contribution in [0.25, 0.3) is 0 Å². The van der Waals surface area contributed by atoms with Crippen LogP contribution in [0.5, 0.6) is 11.5 Å². The minimum atomic E-state index is -4.45. The Morgan fingerprint density at radius 1 is 1.19 bits per heavy atom. The van der Waals surface area contributed by atoms with Gasteiger partial charge in [-0.05, 0) is 42.3 Å². The van der Waals surface area contributed by atoms with Crippen LogP contribution in [-0.4, -0.2) is 45.0 Å². The standard InChI is InChI=1S/C21H21F3N2O5/c1-29-18-11-14(5-7-17(18)31-13-21(22,23)24)6-8-19(27)25-15-3-2-4-16(12-15)26-9-10-30-20(26)28/h2-5,7,11-12H,6,8-10,13H2,1H3,(H,25,27). The van der Waals surface area contributed by atoms with Crippen molar-refractivity contribution in [2.45, 2.75) is 19.0 Å². The Labute approximate surface area is 176 Å². The van der Waals surface area contributed by atoms with Crippen LogP contribution in [0.4, 0.5) is 29.3 Å². The third-order valence-electron chi connectivity index (χ3n) is 4.46. The second-order valence-electron chi connectivity index (χ2n) is 6.75. The Morgan fingerprint density at radius 2 is 2.00 bits per heavy atom. The molecular weight excluding hydrogens is 417 g/mol. The van der Waals surface area contributed by atoms with Gasteiger partial charge in [0.05, 0.1) is 13.7 Å². The molecule has 1 aliphatic rings. The van der Waals surface area contributed by atoms with Crippen LogP contribution >= 0.6 is 0 Å². The fourth-order valence-corrected chi connectivity index (χ4v) is 3.01. The molecule has 2 aromatic carbocycles. The van der Waals surface area contributed by atoms with Gasteiger partial charge in [0.25, 0.3) is 0 Å². The van der Waals surface area contributed by atoms with Crippen molar-refractivity contribution in [3.8, 4) is 11.5 Å². The van der Waals surface area contributed by atoms with E-state index in [0.29, 0.717) is 36.5 Å². The summed E-state index contributed by atoms with van der Waals surface area (Å²) in [5.41, 5.74) is 1.87. The summed E-state index contributed by atoms with van der Waals surface area (Å²) in [4.78, 5) is 25.5. The van der Waals surface area contributed by atoms with Crippen molar-refractivity contribution in [1.82, 2.24) is 0 Å². The van der Waals surface area contributed by atoms with Gasteiger partial charge in [0.2, 0.25) is 5.91 Å². The van der Waals surface area contributed by atoms with Gasteiger partial charge < -0.3 is 19.5 Å². The smallest absolute Gasteiger partial charge is 0.422 e. The third-order valence-corrected chi connectivity index (χ3v) is 4.46. The first-order valence-electron chi connectivity index (χ1n) is 9.46. The van der Waals surface area contributed by atoms with E-state index in [2.05, 4.69) is 5.32 Å². The highest BCUT2D eigenvalue weighted by atomic mass is 19.4. The molecule has 1 heterocycles. The number of nitrogens with zero attached hydrogens (tertiary/aromatic N) is 1. The first kappa shape index (κ1) is 22.3. The lowest BCUT2D eigenvalue weighted by molar-refractivity contribution is -0.153. The molecule has 10 heteroatoms. The Kier molecular flexibility index (Phi) is 6.88. The van der Waals surface area contributed by atoms with E-state index >= 15 is 0 Å². The highest BCUT2D eigenvalue weighted by Crippen LogP contribution is 2.30. The zero-order valence-corrected chi connectivity index (χ0v) is 16.7. The minimum Gasteiger partial charge on any atom is -0.493 e. The summed E-state index contributed by atoms with van der Waals surface area (Å²) in [5.74, 6) is -0.116. The Morgan fingerprint density at radius 3 is 2.68 bits per heavy atom. The molecule has 0 atom stereocenters. The number of amides is 2. The zero-order valence-electron chi connectivity index (χ0n) is 16.7. The van der Waals surface area contributed by atoms with Gasteiger partial charge in [0, 0.05) is 17.8 Å². The Bertz CT molecular complexity index is 949. The SMILES string of the molecule is COc1cc(CCC(=O)Nc2cccc(N3CCOC3=O)c2)ccc1OCC(F)(F)F. The molecule has 0 radical (unpaired) electrons. The lowest BCUT2D eigenvalue weighted by Crippen LogP contribution is -2.23. The van der Waals surface area contributed by atoms with Crippen LogP contribution < -0.4 is 19.7 Å². The molecule has 1 fully saturated rings. The minimum absolute atomic E-state index is 0.0229. The zero-order chi connectivity index (χ0) is 22.4. The monoisotopic (exact) mass is 438 g/mol. The average Bonchev–Trinajstić information content (AvgIpc) is 3.16. The van der Waals surface area contributed by atoms with E-state index in [4.69, 9.17) is 14.2 Å². The van der Waals surface area contributed by atoms with Gasteiger partial charge in [0.1, 0.15) is 6.61 Å². The summed E-state index contributed by atoms with van der Waals surface area (Å²) in [6, 6.07) is 11.4. The molecule has 1 N–H and O–H groups in total. The Balaban J connectivity index is 1.56. The second kappa shape index (κ2) is 9.59. The van der Waals surface area contributed by atoms with Crippen molar-refractivity contribution in [3.63, 3.8) is 0 Å². The van der Waals surface area contributed by atoms with E-state index < -0.39 is 18.9 Å². The van der Waals surface area contributed by atoms with E-state index in [-0.39, 0.29) is 23.8 Å². The van der Waals surface area contributed by atoms with Gasteiger partial charge >= 0.3 is 12.3 Å². The number of carbonyl (C=O) groups is 2. The molecule has 166 valence electrons. The maximum atomic E-state index is 12.3. The van der Waals surface area contributed by atoms with E-state index in [1.807, 2.05) is 0 Å². The summed E-state index contributed by atoms with van der Waals surface area (Å²) in [6.07, 6.45) is -4.39. The van der Waals surface area contributed by atoms with Gasteiger partial charge in [-0.25, -0.2) is 4.79 Å². The molecule has 0 aromatic heterocycles. The van der Waals surface area contributed by atoms with Crippen LogP contribution in [0.15, 0.2) is 42.5 Å². The molecule has 0 bridgehead atoms. The van der Waals surface area contributed by atoms with E-state index in [0.717, 1.165) is 0 Å². The number of alkyl halides is 3. The predicted molar refractivity (Wildman–Crippen MR) is 107 cm³/mol. The quantitative estimate of drug-likeness (QED) is 0.670. The van der Waals surface area contributed by atoms with Gasteiger partial charge in [-0.2, -0.15) is 13.2 Å². The molecule has 3 rings (SSSR count). The number of halogens is 3. The number of ether oxygens (including phenoxy) is 3. The average molecular weight is 438 g/mol. The number of benzene rings is 2. The van der Waals surface area contributed by atoms with Crippen LogP contribution in [-0.2, 0) is 16.0 Å². The van der Waals surface area contributed by atoms with E-state index in [1.54, 1.807) is 36.4 Å². The van der Waals surface area contributed by atoms with Crippen molar-refractivity contribution >= 4 is 23.4 Å². The number of methoxy groups -OCH3 is 1. The number of rotatable bonds is 8. The largest absolute Gasteiger partial charge is 0.493 e. The van der Waals surface area contributed by atoms with E-state index in [9.17, 15) is 22.8 Å². The fourth-order valence-electron chi connectivity index (χ4n) is 3.01. The Hall–Kier alpha value is -3.43. The van der Waals surface area contributed by atoms with Crippen molar-refractivity contribution in [2.24, 2.45) is 0 Å². The lowest BCUT2D eigenvalue weighted by atomic mass is 10.1. The molecule has 31 heavy (non-hydrogen) atoms. The third kappa shape index (κ3) is 6.27. The molecule has 0 aliphatic carbocycles. The number of hydrogen-bond acceptors (Lipinski definition) is 5. The molecule has 0 spiro atoms. The summed E-state index contributed by atoms with van der Waals surface area (Å²) in [6.45, 7) is -0.654. The van der Waals surface area contributed by atoms with Gasteiger partial charge in [-0.3, -0.25) is 9.69 Å². The number of nitrogens with one attached hydrogen (secondary N) is 1. The molecule has 2 aromatic rings. The summed E-state index contributed by atoms with van der Waals surface area (Å²) in [7, 11) is 1.33. The molecule has 1 saturated heterocycles. The summed E-state index contributed by atoms with van der Waals surface area (Å²) >= 11 is 0. The molecule has 0 unspecified atom stereocenters. The van der Waals surface area contributed by atoms with Gasteiger partial charge in [-0.15, -0.1) is 0 Å². The van der Waals surface area contributed by atoms with Crippen LogP contribution in [0.1, 0.15) is 12.0 Å². The highest BCUT2D eigenvalue weighted by molar-refractivity contribution is 5.93. The molecule has 2 amide bonds. The van der Waals surface area contributed by atoms with E-state index in [1.165, 1.54) is 18.1 Å². The maximum absolute atomic E-state index is 12.3. The number of aryl methyl sites for hydroxylation is 1. The molecule has 1 aliphatic heterocycles. The molecule has 7 nitrogen and oxygen atoms in total. The normalized spacial score (nSPS) is 13.7. The second-order valence-corrected chi connectivity index (χ2v) is 6.75. The first-order chi connectivity index (χ1) is 14.7. The highest BCUT2D eigenvalue weighted by Gasteiger charge is 2.29. The fraction of sp³-hybridized carbons (Fsp3) is 0.333. The predicted octanol–water partition coefficient (Wildman–Crippen LogP) is 4.16. The lowest BCUT2D eigenvalue weighted by Gasteiger charge is -2.14. The maximum Gasteiger partial charge on any atom is 0.422 e. The summed E-state index contributed by atoms with van der Waals surface area (Å²) < 4.78 is 51.8. The number of cyclic esters (lactones) is 1. The summed E-state index contributed by atoms with van der Waals surface area (Å²) in [5, 5.41) is 2.77. The van der Waals surface area contributed by atoms with Crippen molar-refractivity contribution in [2.75, 3.05) is 37.1 Å². The van der Waals surface area contributed by atoms with Gasteiger partial charge in [0.15, 0.2) is 18.1 Å². The first-order valence-corrected chi connectivity index (χ1v) is 9.46. The number of carbonyl (C=O) groups excluding carboxylic acids is 2.